The third-order valence-corrected chi connectivity index (χ3v) is 4.57. The maximum absolute atomic E-state index is 12.2. The third kappa shape index (κ3) is 4.79. The highest BCUT2D eigenvalue weighted by atomic mass is 32.1. The normalized spacial score (nSPS) is 10.5. The fourth-order valence-corrected chi connectivity index (χ4v) is 3.56. The Morgan fingerprint density at radius 1 is 1.25 bits per heavy atom. The van der Waals surface area contributed by atoms with Gasteiger partial charge in [0.1, 0.15) is 5.00 Å². The van der Waals surface area contributed by atoms with E-state index < -0.39 is 0 Å². The van der Waals surface area contributed by atoms with Gasteiger partial charge < -0.3 is 15.4 Å². The second-order valence-corrected chi connectivity index (χ2v) is 7.29. The van der Waals surface area contributed by atoms with Crippen LogP contribution in [-0.4, -0.2) is 18.2 Å². The molecule has 1 heterocycles. The Labute approximate surface area is 152 Å². The van der Waals surface area contributed by atoms with Crippen molar-refractivity contribution in [2.75, 3.05) is 17.7 Å². The first-order valence-corrected chi connectivity index (χ1v) is 9.02. The Morgan fingerprint density at radius 2 is 1.92 bits per heavy atom. The van der Waals surface area contributed by atoms with Crippen LogP contribution in [-0.2, 0) is 11.2 Å². The van der Waals surface area contributed by atoms with Gasteiger partial charge in [0.15, 0.2) is 5.11 Å². The SMILES string of the molecule is COC(=O)c1c(CC(C)C)csc1NC(=S)Nc1ccc(C)cc1. The van der Waals surface area contributed by atoms with Crippen molar-refractivity contribution in [3.63, 3.8) is 0 Å². The number of hydrogen-bond donors (Lipinski definition) is 2. The van der Waals surface area contributed by atoms with Crippen molar-refractivity contribution in [3.8, 4) is 0 Å². The number of carbonyl (C=O) groups excluding carboxylic acids is 1. The molecule has 4 nitrogen and oxygen atoms in total. The van der Waals surface area contributed by atoms with Crippen molar-refractivity contribution in [3.05, 3.63) is 46.3 Å². The van der Waals surface area contributed by atoms with Gasteiger partial charge in [0.2, 0.25) is 0 Å². The van der Waals surface area contributed by atoms with Crippen LogP contribution in [0.1, 0.15) is 35.3 Å². The van der Waals surface area contributed by atoms with Crippen LogP contribution in [0.4, 0.5) is 10.7 Å². The van der Waals surface area contributed by atoms with Crippen LogP contribution in [0.25, 0.3) is 0 Å². The fourth-order valence-electron chi connectivity index (χ4n) is 2.30. The van der Waals surface area contributed by atoms with E-state index in [0.717, 1.165) is 17.7 Å². The molecular weight excluding hydrogens is 340 g/mol. The van der Waals surface area contributed by atoms with Gasteiger partial charge >= 0.3 is 5.97 Å². The molecule has 0 atom stereocenters. The Hall–Kier alpha value is -1.92. The van der Waals surface area contributed by atoms with Crippen molar-refractivity contribution in [2.45, 2.75) is 27.2 Å². The number of ether oxygens (including phenoxy) is 1. The molecule has 0 saturated heterocycles. The largest absolute Gasteiger partial charge is 0.465 e. The zero-order chi connectivity index (χ0) is 17.7. The van der Waals surface area contributed by atoms with Crippen LogP contribution in [0.2, 0.25) is 0 Å². The fraction of sp³-hybridized carbons (Fsp3) is 0.333. The minimum atomic E-state index is -0.340. The molecule has 6 heteroatoms. The Kier molecular flexibility index (Phi) is 6.34. The van der Waals surface area contributed by atoms with Crippen molar-refractivity contribution < 1.29 is 9.53 Å². The molecule has 24 heavy (non-hydrogen) atoms. The molecule has 0 bridgehead atoms. The Balaban J connectivity index is 2.16. The molecule has 0 aliphatic heterocycles. The lowest BCUT2D eigenvalue weighted by molar-refractivity contribution is 0.0601. The summed E-state index contributed by atoms with van der Waals surface area (Å²) >= 11 is 6.83. The van der Waals surface area contributed by atoms with Gasteiger partial charge in [-0.3, -0.25) is 0 Å². The predicted molar refractivity (Wildman–Crippen MR) is 105 cm³/mol. The average molecular weight is 363 g/mol. The van der Waals surface area contributed by atoms with Gasteiger partial charge in [-0.15, -0.1) is 11.3 Å². The second-order valence-electron chi connectivity index (χ2n) is 6.00. The molecule has 2 rings (SSSR count). The number of esters is 1. The lowest BCUT2D eigenvalue weighted by atomic mass is 10.0. The Morgan fingerprint density at radius 3 is 2.50 bits per heavy atom. The van der Waals surface area contributed by atoms with Gasteiger partial charge in [-0.1, -0.05) is 31.5 Å². The van der Waals surface area contributed by atoms with E-state index in [9.17, 15) is 4.79 Å². The van der Waals surface area contributed by atoms with Crippen LogP contribution in [0.5, 0.6) is 0 Å². The molecule has 0 unspecified atom stereocenters. The molecule has 0 aliphatic rings. The van der Waals surface area contributed by atoms with E-state index in [1.54, 1.807) is 0 Å². The minimum Gasteiger partial charge on any atom is -0.465 e. The quantitative estimate of drug-likeness (QED) is 0.588. The zero-order valence-electron chi connectivity index (χ0n) is 14.3. The van der Waals surface area contributed by atoms with Crippen LogP contribution in [0, 0.1) is 12.8 Å². The Bertz CT molecular complexity index is 721. The predicted octanol–water partition coefficient (Wildman–Crippen LogP) is 4.85. The molecule has 0 fully saturated rings. The van der Waals surface area contributed by atoms with E-state index in [2.05, 4.69) is 24.5 Å². The first-order valence-electron chi connectivity index (χ1n) is 7.74. The summed E-state index contributed by atoms with van der Waals surface area (Å²) in [4.78, 5) is 12.2. The van der Waals surface area contributed by atoms with Gasteiger partial charge in [-0.25, -0.2) is 4.79 Å². The molecule has 128 valence electrons. The zero-order valence-corrected chi connectivity index (χ0v) is 15.9. The van der Waals surface area contributed by atoms with Crippen molar-refractivity contribution in [1.82, 2.24) is 0 Å². The van der Waals surface area contributed by atoms with Crippen LogP contribution in [0.15, 0.2) is 29.6 Å². The maximum atomic E-state index is 12.2. The summed E-state index contributed by atoms with van der Waals surface area (Å²) in [6, 6.07) is 7.94. The summed E-state index contributed by atoms with van der Waals surface area (Å²) in [5, 5.41) is 9.39. The number of aryl methyl sites for hydroxylation is 1. The van der Waals surface area contributed by atoms with E-state index in [0.29, 0.717) is 21.6 Å². The summed E-state index contributed by atoms with van der Waals surface area (Å²) in [5.41, 5.74) is 3.65. The number of carbonyl (C=O) groups is 1. The summed E-state index contributed by atoms with van der Waals surface area (Å²) in [7, 11) is 1.39. The molecule has 0 amide bonds. The monoisotopic (exact) mass is 362 g/mol. The number of thiocarbonyl (C=S) groups is 1. The summed E-state index contributed by atoms with van der Waals surface area (Å²) in [6.07, 6.45) is 0.820. The molecule has 0 saturated carbocycles. The van der Waals surface area contributed by atoms with Crippen molar-refractivity contribution in [2.24, 2.45) is 5.92 Å². The maximum Gasteiger partial charge on any atom is 0.341 e. The molecule has 1 aromatic heterocycles. The van der Waals surface area contributed by atoms with Crippen molar-refractivity contribution in [1.29, 1.82) is 0 Å². The number of benzene rings is 1. The standard InChI is InChI=1S/C18H22N2O2S2/c1-11(2)9-13-10-24-16(15(13)17(21)22-4)20-18(23)19-14-7-5-12(3)6-8-14/h5-8,10-11H,9H2,1-4H3,(H2,19,20,23). The number of nitrogens with one attached hydrogen (secondary N) is 2. The molecule has 2 aromatic rings. The molecule has 2 N–H and O–H groups in total. The van der Waals surface area contributed by atoms with Gasteiger partial charge in [-0.05, 0) is 54.6 Å². The highest BCUT2D eigenvalue weighted by Gasteiger charge is 2.21. The van der Waals surface area contributed by atoms with E-state index in [1.807, 2.05) is 36.6 Å². The smallest absolute Gasteiger partial charge is 0.341 e. The third-order valence-electron chi connectivity index (χ3n) is 3.42. The van der Waals surface area contributed by atoms with Gasteiger partial charge in [0.25, 0.3) is 0 Å². The molecule has 1 aromatic carbocycles. The summed E-state index contributed by atoms with van der Waals surface area (Å²) in [5.74, 6) is 0.112. The summed E-state index contributed by atoms with van der Waals surface area (Å²) in [6.45, 7) is 6.27. The average Bonchev–Trinajstić information content (AvgIpc) is 2.90. The van der Waals surface area contributed by atoms with E-state index in [-0.39, 0.29) is 5.97 Å². The van der Waals surface area contributed by atoms with Gasteiger partial charge in [-0.2, -0.15) is 0 Å². The number of methoxy groups -OCH3 is 1. The van der Waals surface area contributed by atoms with Crippen molar-refractivity contribution >= 4 is 45.3 Å². The number of thiophene rings is 1. The first kappa shape index (κ1) is 18.4. The lowest BCUT2D eigenvalue weighted by Crippen LogP contribution is -2.20. The van der Waals surface area contributed by atoms with E-state index in [1.165, 1.54) is 24.0 Å². The van der Waals surface area contributed by atoms with Gasteiger partial charge in [0, 0.05) is 5.69 Å². The van der Waals surface area contributed by atoms with E-state index >= 15 is 0 Å². The summed E-state index contributed by atoms with van der Waals surface area (Å²) < 4.78 is 4.93. The first-order chi connectivity index (χ1) is 11.4. The highest BCUT2D eigenvalue weighted by molar-refractivity contribution is 7.80. The number of anilines is 2. The lowest BCUT2D eigenvalue weighted by Gasteiger charge is -2.12. The van der Waals surface area contributed by atoms with Crippen LogP contribution >= 0.6 is 23.6 Å². The minimum absolute atomic E-state index is 0.340. The van der Waals surface area contributed by atoms with Gasteiger partial charge in [0.05, 0.1) is 12.7 Å². The highest BCUT2D eigenvalue weighted by Crippen LogP contribution is 2.31. The molecule has 0 aliphatic carbocycles. The number of rotatable bonds is 5. The van der Waals surface area contributed by atoms with Crippen LogP contribution in [0.3, 0.4) is 0 Å². The second kappa shape index (κ2) is 8.26. The number of hydrogen-bond acceptors (Lipinski definition) is 4. The molecule has 0 spiro atoms. The van der Waals surface area contributed by atoms with Crippen LogP contribution < -0.4 is 10.6 Å². The molecular formula is C18H22N2O2S2. The van der Waals surface area contributed by atoms with E-state index in [4.69, 9.17) is 17.0 Å². The topological polar surface area (TPSA) is 50.4 Å². The molecule has 0 radical (unpaired) electrons.